The van der Waals surface area contributed by atoms with Crippen LogP contribution < -0.4 is 9.47 Å². The van der Waals surface area contributed by atoms with Crippen LogP contribution in [0.5, 0.6) is 17.2 Å². The van der Waals surface area contributed by atoms with Gasteiger partial charge in [0.1, 0.15) is 11.5 Å². The molecule has 29 heavy (non-hydrogen) atoms. The first-order valence-electron chi connectivity index (χ1n) is 10.7. The number of Topliss-reactive ketones (excluding diaryl/α,β-unsaturated/α-hetero) is 1. The Morgan fingerprint density at radius 1 is 1.10 bits per heavy atom. The number of hydrogen-bond acceptors (Lipinski definition) is 4. The minimum atomic E-state index is -0.155. The second kappa shape index (κ2) is 6.88. The SMILES string of the molecule is COc1ccc2c(c1Oc1ccccc1)C13CCN(C)C(C2)C1C(C)CC(=O)C3. The van der Waals surface area contributed by atoms with Crippen molar-refractivity contribution < 1.29 is 14.3 Å². The predicted octanol–water partition coefficient (Wildman–Crippen LogP) is 4.60. The van der Waals surface area contributed by atoms with E-state index in [0.29, 0.717) is 36.5 Å². The summed E-state index contributed by atoms with van der Waals surface area (Å²) in [5.41, 5.74) is 2.39. The highest BCUT2D eigenvalue weighted by Gasteiger charge is 2.58. The van der Waals surface area contributed by atoms with Gasteiger partial charge >= 0.3 is 0 Å². The third-order valence-corrected chi connectivity index (χ3v) is 7.52. The molecule has 4 heteroatoms. The molecule has 2 fully saturated rings. The molecule has 0 aromatic heterocycles. The van der Waals surface area contributed by atoms with Gasteiger partial charge in [-0.15, -0.1) is 0 Å². The number of benzene rings is 2. The lowest BCUT2D eigenvalue weighted by molar-refractivity contribution is -0.130. The first kappa shape index (κ1) is 18.7. The van der Waals surface area contributed by atoms with E-state index in [1.54, 1.807) is 7.11 Å². The van der Waals surface area contributed by atoms with Crippen molar-refractivity contribution >= 4 is 5.78 Å². The van der Waals surface area contributed by atoms with Crippen LogP contribution in [-0.2, 0) is 16.6 Å². The first-order valence-corrected chi connectivity index (χ1v) is 10.7. The molecule has 0 spiro atoms. The van der Waals surface area contributed by atoms with E-state index in [0.717, 1.165) is 36.6 Å². The van der Waals surface area contributed by atoms with Crippen molar-refractivity contribution in [2.24, 2.45) is 11.8 Å². The zero-order chi connectivity index (χ0) is 20.2. The molecule has 1 aliphatic heterocycles. The molecule has 2 aromatic carbocycles. The van der Waals surface area contributed by atoms with Gasteiger partial charge in [0.05, 0.1) is 7.11 Å². The van der Waals surface area contributed by atoms with E-state index in [9.17, 15) is 4.79 Å². The van der Waals surface area contributed by atoms with Crippen molar-refractivity contribution in [3.05, 3.63) is 53.6 Å². The topological polar surface area (TPSA) is 38.8 Å². The van der Waals surface area contributed by atoms with Crippen molar-refractivity contribution in [1.29, 1.82) is 0 Å². The standard InChI is InChI=1S/C25H29NO3/c1-16-13-18(27)15-25-11-12-26(2)20(22(16)25)14-17-9-10-21(28-3)24(23(17)25)29-19-7-5-4-6-8-19/h4-10,16,20,22H,11-15H2,1-3H3. The second-order valence-corrected chi connectivity index (χ2v) is 9.13. The number of para-hydroxylation sites is 1. The van der Waals surface area contributed by atoms with E-state index in [1.807, 2.05) is 36.4 Å². The fraction of sp³-hybridized carbons (Fsp3) is 0.480. The maximum absolute atomic E-state index is 12.9. The van der Waals surface area contributed by atoms with Crippen molar-refractivity contribution in [2.45, 2.75) is 44.1 Å². The van der Waals surface area contributed by atoms with Gasteiger partial charge in [-0.05, 0) is 62.0 Å². The van der Waals surface area contributed by atoms with Gasteiger partial charge in [0.2, 0.25) is 0 Å². The number of rotatable bonds is 3. The number of likely N-dealkylation sites (tertiary alicyclic amines) is 1. The first-order chi connectivity index (χ1) is 14.0. The highest BCUT2D eigenvalue weighted by molar-refractivity contribution is 5.82. The highest BCUT2D eigenvalue weighted by atomic mass is 16.5. The molecule has 0 N–H and O–H groups in total. The third kappa shape index (κ3) is 2.80. The molecule has 1 saturated heterocycles. The van der Waals surface area contributed by atoms with Gasteiger partial charge in [0, 0.05) is 29.9 Å². The van der Waals surface area contributed by atoms with Gasteiger partial charge in [0.25, 0.3) is 0 Å². The number of ketones is 1. The number of fused-ring (bicyclic) bond motifs is 1. The molecule has 1 heterocycles. The molecule has 4 nitrogen and oxygen atoms in total. The summed E-state index contributed by atoms with van der Waals surface area (Å²) < 4.78 is 12.2. The Bertz CT molecular complexity index is 941. The lowest BCUT2D eigenvalue weighted by atomic mass is 9.49. The van der Waals surface area contributed by atoms with E-state index in [1.165, 1.54) is 11.1 Å². The number of ether oxygens (including phenoxy) is 2. The van der Waals surface area contributed by atoms with E-state index >= 15 is 0 Å². The maximum Gasteiger partial charge on any atom is 0.173 e. The average Bonchev–Trinajstić information content (AvgIpc) is 2.71. The van der Waals surface area contributed by atoms with E-state index in [2.05, 4.69) is 24.9 Å². The van der Waals surface area contributed by atoms with Gasteiger partial charge in [-0.3, -0.25) is 4.79 Å². The van der Waals surface area contributed by atoms with Crippen LogP contribution in [0.15, 0.2) is 42.5 Å². The molecule has 2 bridgehead atoms. The molecule has 2 aliphatic carbocycles. The molecule has 5 rings (SSSR count). The second-order valence-electron chi connectivity index (χ2n) is 9.13. The smallest absolute Gasteiger partial charge is 0.173 e. The monoisotopic (exact) mass is 391 g/mol. The lowest BCUT2D eigenvalue weighted by Gasteiger charge is -2.60. The van der Waals surface area contributed by atoms with Crippen LogP contribution in [0, 0.1) is 11.8 Å². The van der Waals surface area contributed by atoms with E-state index in [4.69, 9.17) is 9.47 Å². The molecule has 152 valence electrons. The minimum absolute atomic E-state index is 0.155. The van der Waals surface area contributed by atoms with E-state index in [-0.39, 0.29) is 5.41 Å². The average molecular weight is 392 g/mol. The molecule has 4 atom stereocenters. The quantitative estimate of drug-likeness (QED) is 0.766. The van der Waals surface area contributed by atoms with Gasteiger partial charge < -0.3 is 14.4 Å². The minimum Gasteiger partial charge on any atom is -0.493 e. The Hall–Kier alpha value is -2.33. The number of hydrogen-bond donors (Lipinski definition) is 0. The fourth-order valence-corrected chi connectivity index (χ4v) is 6.47. The summed E-state index contributed by atoms with van der Waals surface area (Å²) in [6.45, 7) is 3.29. The summed E-state index contributed by atoms with van der Waals surface area (Å²) in [6.07, 6.45) is 3.32. The summed E-state index contributed by atoms with van der Waals surface area (Å²) in [6, 6.07) is 14.6. The Morgan fingerprint density at radius 2 is 1.90 bits per heavy atom. The molecular formula is C25H29NO3. The van der Waals surface area contributed by atoms with Gasteiger partial charge in [-0.2, -0.15) is 0 Å². The van der Waals surface area contributed by atoms with Crippen LogP contribution in [0.1, 0.15) is 37.3 Å². The summed E-state index contributed by atoms with van der Waals surface area (Å²) in [7, 11) is 3.94. The van der Waals surface area contributed by atoms with Crippen molar-refractivity contribution in [3.63, 3.8) is 0 Å². The largest absolute Gasteiger partial charge is 0.493 e. The fourth-order valence-electron chi connectivity index (χ4n) is 6.47. The van der Waals surface area contributed by atoms with Crippen molar-refractivity contribution in [1.82, 2.24) is 4.90 Å². The molecular weight excluding hydrogens is 362 g/mol. The summed E-state index contributed by atoms with van der Waals surface area (Å²) in [4.78, 5) is 15.4. The van der Waals surface area contributed by atoms with Crippen molar-refractivity contribution in [2.75, 3.05) is 20.7 Å². The number of piperidine rings is 1. The number of carbonyl (C=O) groups is 1. The molecule has 3 aliphatic rings. The zero-order valence-electron chi connectivity index (χ0n) is 17.5. The van der Waals surface area contributed by atoms with E-state index < -0.39 is 0 Å². The third-order valence-electron chi connectivity index (χ3n) is 7.52. The molecule has 1 saturated carbocycles. The summed E-state index contributed by atoms with van der Waals surface area (Å²) in [5, 5.41) is 0. The molecule has 0 amide bonds. The number of likely N-dealkylation sites (N-methyl/N-ethyl adjacent to an activating group) is 1. The van der Waals surface area contributed by atoms with Crippen LogP contribution in [0.3, 0.4) is 0 Å². The lowest BCUT2D eigenvalue weighted by Crippen LogP contribution is -2.63. The van der Waals surface area contributed by atoms with Gasteiger partial charge in [-0.25, -0.2) is 0 Å². The van der Waals surface area contributed by atoms with Crippen LogP contribution in [0.2, 0.25) is 0 Å². The summed E-state index contributed by atoms with van der Waals surface area (Å²) >= 11 is 0. The molecule has 2 aromatic rings. The van der Waals surface area contributed by atoms with Crippen LogP contribution in [-0.4, -0.2) is 37.4 Å². The summed E-state index contributed by atoms with van der Waals surface area (Å²) in [5.74, 6) is 3.61. The predicted molar refractivity (Wildman–Crippen MR) is 113 cm³/mol. The molecule has 4 unspecified atom stereocenters. The Labute approximate surface area is 172 Å². The normalized spacial score (nSPS) is 31.0. The highest BCUT2D eigenvalue weighted by Crippen LogP contribution is 2.60. The number of carbonyl (C=O) groups excluding carboxylic acids is 1. The number of nitrogens with zero attached hydrogens (tertiary/aromatic N) is 1. The van der Waals surface area contributed by atoms with Crippen LogP contribution in [0.4, 0.5) is 0 Å². The number of methoxy groups -OCH3 is 1. The van der Waals surface area contributed by atoms with Crippen LogP contribution >= 0.6 is 0 Å². The Morgan fingerprint density at radius 3 is 2.66 bits per heavy atom. The zero-order valence-corrected chi connectivity index (χ0v) is 17.5. The van der Waals surface area contributed by atoms with Crippen molar-refractivity contribution in [3.8, 4) is 17.2 Å². The van der Waals surface area contributed by atoms with Gasteiger partial charge in [0.15, 0.2) is 11.5 Å². The maximum atomic E-state index is 12.9. The molecule has 0 radical (unpaired) electrons. The van der Waals surface area contributed by atoms with Gasteiger partial charge in [-0.1, -0.05) is 31.2 Å². The van der Waals surface area contributed by atoms with Crippen LogP contribution in [0.25, 0.3) is 0 Å². The Balaban J connectivity index is 1.73. The Kier molecular flexibility index (Phi) is 4.43.